The van der Waals surface area contributed by atoms with Crippen LogP contribution < -0.4 is 15.8 Å². The van der Waals surface area contributed by atoms with E-state index in [0.29, 0.717) is 23.1 Å². The lowest BCUT2D eigenvalue weighted by Crippen LogP contribution is -2.35. The fourth-order valence-corrected chi connectivity index (χ4v) is 3.16. The fraction of sp³-hybridized carbons (Fsp3) is 0.429. The second kappa shape index (κ2) is 5.80. The van der Waals surface area contributed by atoms with Crippen LogP contribution in [0.25, 0.3) is 0 Å². The zero-order chi connectivity index (χ0) is 16.7. The van der Waals surface area contributed by atoms with Crippen molar-refractivity contribution in [3.8, 4) is 0 Å². The minimum absolute atomic E-state index is 0.0411. The number of amides is 1. The van der Waals surface area contributed by atoms with Crippen LogP contribution in [0.4, 0.5) is 11.5 Å². The van der Waals surface area contributed by atoms with E-state index >= 15 is 0 Å². The predicted molar refractivity (Wildman–Crippen MR) is 89.5 cm³/mol. The van der Waals surface area contributed by atoms with Gasteiger partial charge in [-0.25, -0.2) is 4.68 Å². The molecule has 8 nitrogen and oxygen atoms in total. The first-order valence-electron chi connectivity index (χ1n) is 7.19. The fourth-order valence-electron chi connectivity index (χ4n) is 2.69. The number of halogens is 1. The van der Waals surface area contributed by atoms with Crippen LogP contribution in [0, 0.1) is 6.92 Å². The summed E-state index contributed by atoms with van der Waals surface area (Å²) in [6.45, 7) is 2.49. The lowest BCUT2D eigenvalue weighted by molar-refractivity contribution is -0.117. The average Bonchev–Trinajstić information content (AvgIpc) is 3.02. The van der Waals surface area contributed by atoms with Gasteiger partial charge >= 0.3 is 0 Å². The van der Waals surface area contributed by atoms with Crippen molar-refractivity contribution >= 4 is 33.3 Å². The van der Waals surface area contributed by atoms with Crippen molar-refractivity contribution in [3.63, 3.8) is 0 Å². The molecule has 3 rings (SSSR count). The maximum atomic E-state index is 12.6. The number of hydrogen-bond acceptors (Lipinski definition) is 5. The third kappa shape index (κ3) is 2.76. The monoisotopic (exact) mass is 380 g/mol. The molecule has 1 N–H and O–H groups in total. The van der Waals surface area contributed by atoms with Gasteiger partial charge in [0, 0.05) is 26.7 Å². The zero-order valence-corrected chi connectivity index (χ0v) is 14.7. The van der Waals surface area contributed by atoms with Crippen molar-refractivity contribution in [3.05, 3.63) is 32.8 Å². The Morgan fingerprint density at radius 3 is 2.70 bits per heavy atom. The van der Waals surface area contributed by atoms with E-state index in [-0.39, 0.29) is 11.5 Å². The lowest BCUT2D eigenvalue weighted by atomic mass is 10.2. The molecule has 9 heteroatoms. The third-order valence-corrected chi connectivity index (χ3v) is 4.63. The van der Waals surface area contributed by atoms with Crippen LogP contribution in [-0.2, 0) is 18.9 Å². The van der Waals surface area contributed by atoms with Crippen LogP contribution in [0.3, 0.4) is 0 Å². The average molecular weight is 381 g/mol. The molecule has 122 valence electrons. The molecule has 0 bridgehead atoms. The van der Waals surface area contributed by atoms with Gasteiger partial charge in [-0.2, -0.15) is 10.2 Å². The second-order valence-electron chi connectivity index (χ2n) is 5.54. The van der Waals surface area contributed by atoms with E-state index in [1.807, 2.05) is 20.0 Å². The Bertz CT molecular complexity index is 827. The van der Waals surface area contributed by atoms with Crippen molar-refractivity contribution in [2.75, 3.05) is 16.8 Å². The van der Waals surface area contributed by atoms with Crippen molar-refractivity contribution in [2.45, 2.75) is 19.4 Å². The largest absolute Gasteiger partial charge is 0.371 e. The minimum Gasteiger partial charge on any atom is -0.371 e. The van der Waals surface area contributed by atoms with E-state index in [1.165, 1.54) is 10.9 Å². The highest BCUT2D eigenvalue weighted by Gasteiger charge is 2.34. The summed E-state index contributed by atoms with van der Waals surface area (Å²) in [5, 5.41) is 11.4. The first-order chi connectivity index (χ1) is 10.9. The Labute approximate surface area is 141 Å². The summed E-state index contributed by atoms with van der Waals surface area (Å²) in [7, 11) is 3.39. The maximum absolute atomic E-state index is 12.6. The number of rotatable bonds is 3. The molecule has 1 aliphatic heterocycles. The van der Waals surface area contributed by atoms with Crippen LogP contribution in [0.15, 0.2) is 21.5 Å². The number of nitrogens with one attached hydrogen (secondary N) is 1. The number of anilines is 2. The molecule has 2 aromatic heterocycles. The van der Waals surface area contributed by atoms with Gasteiger partial charge in [0.2, 0.25) is 0 Å². The Morgan fingerprint density at radius 2 is 2.04 bits per heavy atom. The first kappa shape index (κ1) is 15.7. The van der Waals surface area contributed by atoms with Crippen LogP contribution >= 0.6 is 15.9 Å². The number of aromatic nitrogens is 4. The molecule has 1 amide bonds. The second-order valence-corrected chi connectivity index (χ2v) is 6.34. The van der Waals surface area contributed by atoms with Crippen molar-refractivity contribution < 1.29 is 4.79 Å². The highest BCUT2D eigenvalue weighted by molar-refractivity contribution is 9.10. The van der Waals surface area contributed by atoms with Crippen LogP contribution in [-0.4, -0.2) is 38.1 Å². The Kier molecular flexibility index (Phi) is 3.97. The van der Waals surface area contributed by atoms with E-state index in [2.05, 4.69) is 31.4 Å². The Morgan fingerprint density at radius 1 is 1.30 bits per heavy atom. The molecule has 1 fully saturated rings. The first-order valence-corrected chi connectivity index (χ1v) is 7.98. The molecule has 0 spiro atoms. The van der Waals surface area contributed by atoms with Crippen LogP contribution in [0.5, 0.6) is 0 Å². The van der Waals surface area contributed by atoms with Gasteiger partial charge in [-0.3, -0.25) is 19.2 Å². The molecule has 3 heterocycles. The molecule has 1 unspecified atom stereocenters. The highest BCUT2D eigenvalue weighted by atomic mass is 79.9. The van der Waals surface area contributed by atoms with Crippen molar-refractivity contribution in [1.29, 1.82) is 0 Å². The van der Waals surface area contributed by atoms with Crippen molar-refractivity contribution in [2.24, 2.45) is 14.1 Å². The molecule has 1 atom stereocenters. The summed E-state index contributed by atoms with van der Waals surface area (Å²) < 4.78 is 3.31. The number of carbonyl (C=O) groups excluding carboxylic acids is 1. The minimum atomic E-state index is -0.393. The van der Waals surface area contributed by atoms with Gasteiger partial charge in [0.05, 0.1) is 17.6 Å². The molecular weight excluding hydrogens is 364 g/mol. The summed E-state index contributed by atoms with van der Waals surface area (Å²) in [6.07, 6.45) is 2.18. The molecular formula is C14H17BrN6O2. The smallest absolute Gasteiger partial charge is 0.282 e. The summed E-state index contributed by atoms with van der Waals surface area (Å²) >= 11 is 3.26. The highest BCUT2D eigenvalue weighted by Crippen LogP contribution is 2.25. The number of aryl methyl sites for hydroxylation is 3. The standard InChI is InChI=1S/C14H17BrN6O2/c1-8-6-11(19(2)18-8)21-5-4-9(13(21)22)17-10-7-16-20(3)14(23)12(10)15/h6-7,9,17H,4-5H2,1-3H3. The molecule has 0 aromatic carbocycles. The normalized spacial score (nSPS) is 17.8. The summed E-state index contributed by atoms with van der Waals surface area (Å²) in [5.41, 5.74) is 1.14. The van der Waals surface area contributed by atoms with Gasteiger partial charge in [-0.1, -0.05) is 0 Å². The van der Waals surface area contributed by atoms with Gasteiger partial charge in [0.1, 0.15) is 16.3 Å². The number of nitrogens with zero attached hydrogens (tertiary/aromatic N) is 5. The van der Waals surface area contributed by atoms with Gasteiger partial charge in [0.25, 0.3) is 11.5 Å². The summed E-state index contributed by atoms with van der Waals surface area (Å²) in [6, 6.07) is 1.49. The van der Waals surface area contributed by atoms with Crippen LogP contribution in [0.2, 0.25) is 0 Å². The van der Waals surface area contributed by atoms with E-state index in [4.69, 9.17) is 0 Å². The third-order valence-electron chi connectivity index (χ3n) is 3.87. The summed E-state index contributed by atoms with van der Waals surface area (Å²) in [5.74, 6) is 0.735. The van der Waals surface area contributed by atoms with E-state index in [0.717, 1.165) is 11.5 Å². The van der Waals surface area contributed by atoms with Crippen LogP contribution in [0.1, 0.15) is 12.1 Å². The van der Waals surface area contributed by atoms with Crippen molar-refractivity contribution in [1.82, 2.24) is 19.6 Å². The molecule has 0 saturated carbocycles. The Hall–Kier alpha value is -2.16. The maximum Gasteiger partial charge on any atom is 0.282 e. The summed E-state index contributed by atoms with van der Waals surface area (Å²) in [4.78, 5) is 26.2. The Balaban J connectivity index is 1.82. The lowest BCUT2D eigenvalue weighted by Gasteiger charge is -2.17. The molecule has 1 saturated heterocycles. The molecule has 2 aromatic rings. The zero-order valence-electron chi connectivity index (χ0n) is 13.1. The topological polar surface area (TPSA) is 85.0 Å². The van der Waals surface area contributed by atoms with E-state index < -0.39 is 6.04 Å². The van der Waals surface area contributed by atoms with Gasteiger partial charge in [-0.15, -0.1) is 0 Å². The number of hydrogen-bond donors (Lipinski definition) is 1. The van der Waals surface area contributed by atoms with Gasteiger partial charge < -0.3 is 5.32 Å². The SMILES string of the molecule is Cc1cc(N2CCC(Nc3cnn(C)c(=O)c3Br)C2=O)n(C)n1. The molecule has 0 radical (unpaired) electrons. The van der Waals surface area contributed by atoms with Gasteiger partial charge in [-0.05, 0) is 29.3 Å². The van der Waals surface area contributed by atoms with Gasteiger partial charge in [0.15, 0.2) is 0 Å². The molecule has 23 heavy (non-hydrogen) atoms. The molecule has 0 aliphatic carbocycles. The van der Waals surface area contributed by atoms with E-state index in [9.17, 15) is 9.59 Å². The van der Waals surface area contributed by atoms with E-state index in [1.54, 1.807) is 16.6 Å². The predicted octanol–water partition coefficient (Wildman–Crippen LogP) is 0.802. The quantitative estimate of drug-likeness (QED) is 0.851. The molecule has 1 aliphatic rings. The number of carbonyl (C=O) groups is 1.